The van der Waals surface area contributed by atoms with Crippen LogP contribution in [0.3, 0.4) is 0 Å². The van der Waals surface area contributed by atoms with Gasteiger partial charge in [0.05, 0.1) is 11.7 Å². The van der Waals surface area contributed by atoms with E-state index in [-0.39, 0.29) is 12.0 Å². The summed E-state index contributed by atoms with van der Waals surface area (Å²) < 4.78 is 0. The first kappa shape index (κ1) is 9.01. The molecule has 1 fully saturated rings. The fourth-order valence-corrected chi connectivity index (χ4v) is 2.20. The molecule has 66 valence electrons. The van der Waals surface area contributed by atoms with Gasteiger partial charge in [-0.05, 0) is 38.5 Å². The van der Waals surface area contributed by atoms with Gasteiger partial charge in [0.25, 0.3) is 0 Å². The van der Waals surface area contributed by atoms with Crippen molar-refractivity contribution in [3.8, 4) is 0 Å². The lowest BCUT2D eigenvalue weighted by Gasteiger charge is -2.28. The Morgan fingerprint density at radius 3 is 2.00 bits per heavy atom. The molecule has 2 N–H and O–H groups in total. The Kier molecular flexibility index (Phi) is 2.26. The molecular formula is C9H18O2. The van der Waals surface area contributed by atoms with Crippen molar-refractivity contribution >= 4 is 0 Å². The number of hydrogen-bond donors (Lipinski definition) is 2. The van der Waals surface area contributed by atoms with Crippen LogP contribution >= 0.6 is 0 Å². The molecule has 0 aromatic rings. The molecule has 1 rings (SSSR count). The Morgan fingerprint density at radius 1 is 1.27 bits per heavy atom. The van der Waals surface area contributed by atoms with Gasteiger partial charge in [-0.15, -0.1) is 0 Å². The van der Waals surface area contributed by atoms with Gasteiger partial charge in [0.15, 0.2) is 0 Å². The largest absolute Gasteiger partial charge is 0.393 e. The molecule has 0 amide bonds. The molecule has 0 aliphatic heterocycles. The third-order valence-electron chi connectivity index (χ3n) is 2.76. The second kappa shape index (κ2) is 2.76. The van der Waals surface area contributed by atoms with E-state index in [1.807, 2.05) is 13.8 Å². The fourth-order valence-electron chi connectivity index (χ4n) is 2.20. The SMILES string of the molecule is CC1CC(O)CC1C(C)(C)O. The summed E-state index contributed by atoms with van der Waals surface area (Å²) in [6.07, 6.45) is 1.40. The molecule has 1 aliphatic carbocycles. The predicted molar refractivity (Wildman–Crippen MR) is 44.2 cm³/mol. The van der Waals surface area contributed by atoms with Gasteiger partial charge in [0.1, 0.15) is 0 Å². The first-order valence-corrected chi connectivity index (χ1v) is 4.31. The van der Waals surface area contributed by atoms with E-state index in [2.05, 4.69) is 6.92 Å². The van der Waals surface area contributed by atoms with E-state index in [4.69, 9.17) is 0 Å². The van der Waals surface area contributed by atoms with Crippen molar-refractivity contribution < 1.29 is 10.2 Å². The number of aliphatic hydroxyl groups is 2. The van der Waals surface area contributed by atoms with Gasteiger partial charge in [-0.2, -0.15) is 0 Å². The normalized spacial score (nSPS) is 39.5. The molecule has 2 heteroatoms. The summed E-state index contributed by atoms with van der Waals surface area (Å²) in [6.45, 7) is 5.75. The highest BCUT2D eigenvalue weighted by molar-refractivity contribution is 4.89. The van der Waals surface area contributed by atoms with Gasteiger partial charge in [-0.3, -0.25) is 0 Å². The van der Waals surface area contributed by atoms with Gasteiger partial charge >= 0.3 is 0 Å². The lowest BCUT2D eigenvalue weighted by molar-refractivity contribution is -0.000138. The quantitative estimate of drug-likeness (QED) is 0.601. The summed E-state index contributed by atoms with van der Waals surface area (Å²) in [5, 5.41) is 19.0. The summed E-state index contributed by atoms with van der Waals surface area (Å²) in [5.74, 6) is 0.711. The summed E-state index contributed by atoms with van der Waals surface area (Å²) in [4.78, 5) is 0. The highest BCUT2D eigenvalue weighted by Crippen LogP contribution is 2.38. The Hall–Kier alpha value is -0.0800. The molecule has 0 aromatic carbocycles. The molecular weight excluding hydrogens is 140 g/mol. The maximum Gasteiger partial charge on any atom is 0.0623 e. The molecule has 0 aromatic heterocycles. The van der Waals surface area contributed by atoms with Gasteiger partial charge in [0, 0.05) is 0 Å². The second-order valence-corrected chi connectivity index (χ2v) is 4.36. The molecule has 0 heterocycles. The van der Waals surface area contributed by atoms with Crippen molar-refractivity contribution in [3.05, 3.63) is 0 Å². The van der Waals surface area contributed by atoms with Crippen molar-refractivity contribution in [2.75, 3.05) is 0 Å². The molecule has 0 spiro atoms. The van der Waals surface area contributed by atoms with Crippen LogP contribution in [0.4, 0.5) is 0 Å². The Labute approximate surface area is 68.2 Å². The maximum absolute atomic E-state index is 9.69. The van der Waals surface area contributed by atoms with Crippen molar-refractivity contribution in [3.63, 3.8) is 0 Å². The van der Waals surface area contributed by atoms with Crippen LogP contribution in [0.15, 0.2) is 0 Å². The molecule has 0 saturated heterocycles. The van der Waals surface area contributed by atoms with Gasteiger partial charge < -0.3 is 10.2 Å². The summed E-state index contributed by atoms with van der Waals surface area (Å²) in [5.41, 5.74) is -0.628. The minimum Gasteiger partial charge on any atom is -0.393 e. The summed E-state index contributed by atoms with van der Waals surface area (Å²) >= 11 is 0. The van der Waals surface area contributed by atoms with Crippen molar-refractivity contribution in [2.24, 2.45) is 11.8 Å². The van der Waals surface area contributed by atoms with Crippen LogP contribution < -0.4 is 0 Å². The molecule has 1 saturated carbocycles. The first-order chi connectivity index (χ1) is 4.91. The molecule has 3 atom stereocenters. The van der Waals surface area contributed by atoms with E-state index in [0.29, 0.717) is 5.92 Å². The molecule has 1 aliphatic rings. The van der Waals surface area contributed by atoms with Crippen LogP contribution in [0, 0.1) is 11.8 Å². The first-order valence-electron chi connectivity index (χ1n) is 4.31. The van der Waals surface area contributed by atoms with Gasteiger partial charge in [-0.25, -0.2) is 0 Å². The van der Waals surface area contributed by atoms with E-state index < -0.39 is 5.60 Å². The molecule has 0 bridgehead atoms. The molecule has 3 unspecified atom stereocenters. The van der Waals surface area contributed by atoms with Crippen LogP contribution in [0.25, 0.3) is 0 Å². The highest BCUT2D eigenvalue weighted by Gasteiger charge is 2.38. The number of rotatable bonds is 1. The molecule has 0 radical (unpaired) electrons. The Morgan fingerprint density at radius 2 is 1.82 bits per heavy atom. The minimum atomic E-state index is -0.628. The Balaban J connectivity index is 2.60. The zero-order valence-corrected chi connectivity index (χ0v) is 7.54. The predicted octanol–water partition coefficient (Wildman–Crippen LogP) is 1.16. The monoisotopic (exact) mass is 158 g/mol. The van der Waals surface area contributed by atoms with Crippen molar-refractivity contribution in [1.82, 2.24) is 0 Å². The van der Waals surface area contributed by atoms with E-state index >= 15 is 0 Å². The topological polar surface area (TPSA) is 40.5 Å². The summed E-state index contributed by atoms with van der Waals surface area (Å²) in [7, 11) is 0. The number of aliphatic hydroxyl groups excluding tert-OH is 1. The third kappa shape index (κ3) is 1.94. The zero-order chi connectivity index (χ0) is 8.65. The van der Waals surface area contributed by atoms with E-state index in [1.165, 1.54) is 0 Å². The summed E-state index contributed by atoms with van der Waals surface area (Å²) in [6, 6.07) is 0. The average molecular weight is 158 g/mol. The van der Waals surface area contributed by atoms with Crippen LogP contribution in [-0.4, -0.2) is 21.9 Å². The molecule has 11 heavy (non-hydrogen) atoms. The highest BCUT2D eigenvalue weighted by atomic mass is 16.3. The fraction of sp³-hybridized carbons (Fsp3) is 1.00. The van der Waals surface area contributed by atoms with E-state index in [9.17, 15) is 10.2 Å². The Bertz CT molecular complexity index is 137. The van der Waals surface area contributed by atoms with Crippen LogP contribution in [-0.2, 0) is 0 Å². The van der Waals surface area contributed by atoms with Crippen molar-refractivity contribution in [2.45, 2.75) is 45.3 Å². The van der Waals surface area contributed by atoms with E-state index in [0.717, 1.165) is 12.8 Å². The zero-order valence-electron chi connectivity index (χ0n) is 7.54. The smallest absolute Gasteiger partial charge is 0.0623 e. The third-order valence-corrected chi connectivity index (χ3v) is 2.76. The van der Waals surface area contributed by atoms with Crippen LogP contribution in [0.5, 0.6) is 0 Å². The minimum absolute atomic E-state index is 0.193. The number of hydrogen-bond acceptors (Lipinski definition) is 2. The van der Waals surface area contributed by atoms with Gasteiger partial charge in [0.2, 0.25) is 0 Å². The lowest BCUT2D eigenvalue weighted by Crippen LogP contribution is -2.32. The average Bonchev–Trinajstić information content (AvgIpc) is 2.08. The molecule has 2 nitrogen and oxygen atoms in total. The second-order valence-electron chi connectivity index (χ2n) is 4.36. The lowest BCUT2D eigenvalue weighted by atomic mass is 9.84. The van der Waals surface area contributed by atoms with Crippen LogP contribution in [0.2, 0.25) is 0 Å². The van der Waals surface area contributed by atoms with Crippen molar-refractivity contribution in [1.29, 1.82) is 0 Å². The van der Waals surface area contributed by atoms with Crippen LogP contribution in [0.1, 0.15) is 33.6 Å². The van der Waals surface area contributed by atoms with Gasteiger partial charge in [-0.1, -0.05) is 6.92 Å². The standard InChI is InChI=1S/C9H18O2/c1-6-4-7(10)5-8(6)9(2,3)11/h6-8,10-11H,4-5H2,1-3H3. The van der Waals surface area contributed by atoms with E-state index in [1.54, 1.807) is 0 Å². The maximum atomic E-state index is 9.69.